The Morgan fingerprint density at radius 2 is 2.00 bits per heavy atom. The topological polar surface area (TPSA) is 52.0 Å². The molecular weight excluding hydrogens is 204 g/mol. The normalized spacial score (nSPS) is 12.8. The van der Waals surface area contributed by atoms with Crippen molar-refractivity contribution in [1.29, 1.82) is 0 Å². The van der Waals surface area contributed by atoms with Crippen molar-refractivity contribution in [2.24, 2.45) is 0 Å². The van der Waals surface area contributed by atoms with Gasteiger partial charge in [0.2, 0.25) is 0 Å². The van der Waals surface area contributed by atoms with Gasteiger partial charge < -0.3 is 11.5 Å². The first-order chi connectivity index (χ1) is 6.06. The van der Waals surface area contributed by atoms with Gasteiger partial charge in [-0.15, -0.1) is 0 Å². The van der Waals surface area contributed by atoms with Crippen LogP contribution in [0.3, 0.4) is 0 Å². The highest BCUT2D eigenvalue weighted by atomic mass is 35.5. The molecule has 1 atom stereocenters. The van der Waals surface area contributed by atoms with E-state index in [1.807, 2.05) is 6.92 Å². The fourth-order valence-electron chi connectivity index (χ4n) is 1.13. The molecule has 4 N–H and O–H groups in total. The molecule has 0 bridgehead atoms. The molecule has 0 spiro atoms. The van der Waals surface area contributed by atoms with E-state index in [9.17, 15) is 0 Å². The highest BCUT2D eigenvalue weighted by molar-refractivity contribution is 7.80. The third kappa shape index (κ3) is 2.23. The van der Waals surface area contributed by atoms with Crippen molar-refractivity contribution in [2.45, 2.75) is 18.6 Å². The van der Waals surface area contributed by atoms with Gasteiger partial charge in [-0.05, 0) is 24.1 Å². The van der Waals surface area contributed by atoms with E-state index in [0.717, 1.165) is 12.0 Å². The number of nitrogen functional groups attached to an aromatic ring is 2. The van der Waals surface area contributed by atoms with Crippen LogP contribution in [0.25, 0.3) is 0 Å². The number of halogens is 1. The summed E-state index contributed by atoms with van der Waals surface area (Å²) in [7, 11) is 0. The van der Waals surface area contributed by atoms with E-state index in [-0.39, 0.29) is 5.25 Å². The van der Waals surface area contributed by atoms with Crippen LogP contribution in [0.5, 0.6) is 0 Å². The largest absolute Gasteiger partial charge is 0.398 e. The Morgan fingerprint density at radius 1 is 1.38 bits per heavy atom. The lowest BCUT2D eigenvalue weighted by Crippen LogP contribution is -1.99. The summed E-state index contributed by atoms with van der Waals surface area (Å²) in [6.07, 6.45) is 0.910. The van der Waals surface area contributed by atoms with Crippen LogP contribution in [0.4, 0.5) is 11.4 Å². The molecule has 0 aromatic heterocycles. The lowest BCUT2D eigenvalue weighted by molar-refractivity contribution is 0.905. The van der Waals surface area contributed by atoms with Gasteiger partial charge in [0.15, 0.2) is 0 Å². The first-order valence-electron chi connectivity index (χ1n) is 4.08. The van der Waals surface area contributed by atoms with Crippen molar-refractivity contribution >= 4 is 35.6 Å². The maximum absolute atomic E-state index is 5.87. The second-order valence-electron chi connectivity index (χ2n) is 2.93. The Morgan fingerprint density at radius 3 is 2.54 bits per heavy atom. The summed E-state index contributed by atoms with van der Waals surface area (Å²) in [5.74, 6) is 0. The monoisotopic (exact) mass is 216 g/mol. The third-order valence-corrected chi connectivity index (χ3v) is 2.92. The van der Waals surface area contributed by atoms with E-state index >= 15 is 0 Å². The molecule has 72 valence electrons. The average Bonchev–Trinajstić information content (AvgIpc) is 2.10. The molecule has 0 aliphatic heterocycles. The van der Waals surface area contributed by atoms with Crippen LogP contribution >= 0.6 is 24.2 Å². The summed E-state index contributed by atoms with van der Waals surface area (Å²) in [6.45, 7) is 2.04. The van der Waals surface area contributed by atoms with Crippen LogP contribution in [0.2, 0.25) is 5.02 Å². The minimum Gasteiger partial charge on any atom is -0.398 e. The second kappa shape index (κ2) is 4.11. The highest BCUT2D eigenvalue weighted by Crippen LogP contribution is 2.33. The van der Waals surface area contributed by atoms with Crippen molar-refractivity contribution in [1.82, 2.24) is 0 Å². The van der Waals surface area contributed by atoms with Gasteiger partial charge in [0, 0.05) is 10.9 Å². The molecule has 0 heterocycles. The fourth-order valence-corrected chi connectivity index (χ4v) is 1.53. The molecule has 1 rings (SSSR count). The van der Waals surface area contributed by atoms with Crippen molar-refractivity contribution in [3.8, 4) is 0 Å². The first-order valence-corrected chi connectivity index (χ1v) is 4.98. The Balaban J connectivity index is 3.15. The van der Waals surface area contributed by atoms with Crippen LogP contribution in [0.15, 0.2) is 12.1 Å². The molecule has 0 aliphatic carbocycles. The summed E-state index contributed by atoms with van der Waals surface area (Å²) in [5.41, 5.74) is 13.5. The molecule has 0 amide bonds. The summed E-state index contributed by atoms with van der Waals surface area (Å²) in [4.78, 5) is 0. The van der Waals surface area contributed by atoms with E-state index in [0.29, 0.717) is 16.4 Å². The quantitative estimate of drug-likeness (QED) is 0.526. The zero-order valence-electron chi connectivity index (χ0n) is 7.42. The SMILES string of the molecule is CCC(S)c1cc(Cl)c(N)cc1N. The predicted molar refractivity (Wildman–Crippen MR) is 62.3 cm³/mol. The smallest absolute Gasteiger partial charge is 0.0640 e. The van der Waals surface area contributed by atoms with Gasteiger partial charge in [0.1, 0.15) is 0 Å². The van der Waals surface area contributed by atoms with Gasteiger partial charge in [-0.25, -0.2) is 0 Å². The predicted octanol–water partition coefficient (Wildman–Crippen LogP) is 2.89. The van der Waals surface area contributed by atoms with Crippen molar-refractivity contribution < 1.29 is 0 Å². The molecule has 13 heavy (non-hydrogen) atoms. The maximum atomic E-state index is 5.87. The van der Waals surface area contributed by atoms with Gasteiger partial charge >= 0.3 is 0 Å². The van der Waals surface area contributed by atoms with E-state index < -0.39 is 0 Å². The van der Waals surface area contributed by atoms with Crippen molar-refractivity contribution in [2.75, 3.05) is 11.5 Å². The molecule has 0 saturated heterocycles. The molecule has 0 aliphatic rings. The van der Waals surface area contributed by atoms with Crippen LogP contribution in [0, 0.1) is 0 Å². The van der Waals surface area contributed by atoms with Gasteiger partial charge in [-0.2, -0.15) is 12.6 Å². The number of rotatable bonds is 2. The Bertz CT molecular complexity index is 315. The van der Waals surface area contributed by atoms with E-state index in [4.69, 9.17) is 23.1 Å². The van der Waals surface area contributed by atoms with Gasteiger partial charge in [-0.1, -0.05) is 18.5 Å². The molecule has 0 saturated carbocycles. The van der Waals surface area contributed by atoms with Gasteiger partial charge in [-0.3, -0.25) is 0 Å². The highest BCUT2D eigenvalue weighted by Gasteiger charge is 2.10. The fraction of sp³-hybridized carbons (Fsp3) is 0.333. The minimum atomic E-state index is 0.123. The third-order valence-electron chi connectivity index (χ3n) is 1.95. The summed E-state index contributed by atoms with van der Waals surface area (Å²) >= 11 is 10.3. The van der Waals surface area contributed by atoms with Gasteiger partial charge in [0.25, 0.3) is 0 Å². The standard InChI is InChI=1S/C9H13ClN2S/c1-2-9(13)5-3-6(10)8(12)4-7(5)11/h3-4,9,13H,2,11-12H2,1H3. The number of benzene rings is 1. The molecule has 0 radical (unpaired) electrons. The second-order valence-corrected chi connectivity index (χ2v) is 3.96. The molecular formula is C9H13ClN2S. The van der Waals surface area contributed by atoms with Crippen LogP contribution in [0.1, 0.15) is 24.2 Å². The zero-order valence-corrected chi connectivity index (χ0v) is 9.07. The number of hydrogen-bond donors (Lipinski definition) is 3. The summed E-state index contributed by atoms with van der Waals surface area (Å²) in [5, 5.41) is 0.662. The number of thiol groups is 1. The minimum absolute atomic E-state index is 0.123. The van der Waals surface area contributed by atoms with Crippen molar-refractivity contribution in [3.63, 3.8) is 0 Å². The molecule has 1 aromatic rings. The van der Waals surface area contributed by atoms with Crippen molar-refractivity contribution in [3.05, 3.63) is 22.7 Å². The van der Waals surface area contributed by atoms with Gasteiger partial charge in [0.05, 0.1) is 10.7 Å². The van der Waals surface area contributed by atoms with E-state index in [2.05, 4.69) is 12.6 Å². The number of nitrogens with two attached hydrogens (primary N) is 2. The zero-order chi connectivity index (χ0) is 10.0. The molecule has 1 unspecified atom stereocenters. The van der Waals surface area contributed by atoms with E-state index in [1.54, 1.807) is 12.1 Å². The molecule has 0 fully saturated rings. The molecule has 4 heteroatoms. The number of hydrogen-bond acceptors (Lipinski definition) is 3. The molecule has 2 nitrogen and oxygen atoms in total. The summed E-state index contributed by atoms with van der Waals surface area (Å²) < 4.78 is 0. The number of anilines is 2. The Labute approximate surface area is 88.7 Å². The maximum Gasteiger partial charge on any atom is 0.0640 e. The van der Waals surface area contributed by atoms with E-state index in [1.165, 1.54) is 0 Å². The van der Waals surface area contributed by atoms with Crippen LogP contribution in [-0.2, 0) is 0 Å². The first kappa shape index (κ1) is 10.5. The molecule has 1 aromatic carbocycles. The Hall–Kier alpha value is -0.540. The average molecular weight is 217 g/mol. The van der Waals surface area contributed by atoms with Crippen LogP contribution < -0.4 is 11.5 Å². The van der Waals surface area contributed by atoms with Crippen LogP contribution in [-0.4, -0.2) is 0 Å². The summed E-state index contributed by atoms with van der Waals surface area (Å²) in [6, 6.07) is 3.46. The lowest BCUT2D eigenvalue weighted by atomic mass is 10.1. The Kier molecular flexibility index (Phi) is 3.33. The lowest BCUT2D eigenvalue weighted by Gasteiger charge is -2.12.